The topological polar surface area (TPSA) is 65.3 Å². The third-order valence-electron chi connectivity index (χ3n) is 5.34. The number of halogens is 2. The number of nitriles is 1. The molecule has 0 aliphatic carbocycles. The van der Waals surface area contributed by atoms with Gasteiger partial charge >= 0.3 is 0 Å². The largest absolute Gasteiger partial charge is 0.493 e. The fraction of sp³-hybridized carbons (Fsp3) is 0.450. The Bertz CT molecular complexity index is 828. The average Bonchev–Trinajstić information content (AvgIpc) is 2.72. The first-order chi connectivity index (χ1) is 13.2. The van der Waals surface area contributed by atoms with Gasteiger partial charge in [-0.1, -0.05) is 6.07 Å². The fourth-order valence-electron chi connectivity index (χ4n) is 3.91. The summed E-state index contributed by atoms with van der Waals surface area (Å²) in [5, 5.41) is 8.98. The number of fused-ring (bicyclic) bond motifs is 1. The quantitative estimate of drug-likeness (QED) is 0.782. The molecule has 0 bridgehead atoms. The van der Waals surface area contributed by atoms with E-state index in [1.54, 1.807) is 12.1 Å². The lowest BCUT2D eigenvalue weighted by molar-refractivity contribution is 0.0725. The first-order valence-electron chi connectivity index (χ1n) is 9.31. The molecular formula is C20H23ClFN5O. The van der Waals surface area contributed by atoms with E-state index in [-0.39, 0.29) is 12.4 Å². The minimum atomic E-state index is -0.404. The van der Waals surface area contributed by atoms with Crippen LogP contribution >= 0.6 is 12.4 Å². The molecule has 148 valence electrons. The first-order valence-corrected chi connectivity index (χ1v) is 9.31. The summed E-state index contributed by atoms with van der Waals surface area (Å²) in [5.41, 5.74) is 0.621. The van der Waals surface area contributed by atoms with Crippen LogP contribution in [0.2, 0.25) is 0 Å². The van der Waals surface area contributed by atoms with Gasteiger partial charge in [0, 0.05) is 38.1 Å². The Hall–Kier alpha value is -2.43. The number of ether oxygens (including phenoxy) is 1. The van der Waals surface area contributed by atoms with Crippen LogP contribution in [0.15, 0.2) is 36.7 Å². The molecule has 2 aromatic rings. The monoisotopic (exact) mass is 403 g/mol. The van der Waals surface area contributed by atoms with Crippen molar-refractivity contribution in [3.63, 3.8) is 0 Å². The van der Waals surface area contributed by atoms with Crippen molar-refractivity contribution in [2.45, 2.75) is 18.9 Å². The molecule has 28 heavy (non-hydrogen) atoms. The number of aromatic nitrogens is 2. The standard InChI is InChI=1S/C20H22FN5O.ClH/c21-17-10-23-20(24-11-17)26-7-6-25-12-16(4-5-18(25)13-26)14-27-19-3-1-2-15(8-19)9-22;/h1-3,8,10-11,16,18H,4-7,12-14H2;1H/t16-,18-;/m0./s1. The highest BCUT2D eigenvalue weighted by Gasteiger charge is 2.33. The lowest BCUT2D eigenvalue weighted by Gasteiger charge is -2.46. The smallest absolute Gasteiger partial charge is 0.225 e. The van der Waals surface area contributed by atoms with Crippen molar-refractivity contribution in [1.82, 2.24) is 14.9 Å². The normalized spacial score (nSPS) is 21.9. The zero-order valence-corrected chi connectivity index (χ0v) is 16.3. The van der Waals surface area contributed by atoms with Gasteiger partial charge in [0.1, 0.15) is 5.75 Å². The number of piperazine rings is 1. The summed E-state index contributed by atoms with van der Waals surface area (Å²) in [5.74, 6) is 1.45. The van der Waals surface area contributed by atoms with E-state index in [1.165, 1.54) is 12.4 Å². The molecule has 2 saturated heterocycles. The number of hydrogen-bond acceptors (Lipinski definition) is 6. The van der Waals surface area contributed by atoms with Gasteiger partial charge < -0.3 is 9.64 Å². The van der Waals surface area contributed by atoms with Gasteiger partial charge in [0.2, 0.25) is 5.95 Å². The van der Waals surface area contributed by atoms with Gasteiger partial charge in [0.25, 0.3) is 0 Å². The van der Waals surface area contributed by atoms with Crippen molar-refractivity contribution in [3.05, 3.63) is 48.0 Å². The number of piperidine rings is 1. The molecule has 2 aliphatic rings. The summed E-state index contributed by atoms with van der Waals surface area (Å²) in [6, 6.07) is 9.93. The molecule has 0 unspecified atom stereocenters. The lowest BCUT2D eigenvalue weighted by Crippen LogP contribution is -2.57. The summed E-state index contributed by atoms with van der Waals surface area (Å²) in [4.78, 5) is 12.9. The minimum absolute atomic E-state index is 0. The van der Waals surface area contributed by atoms with Gasteiger partial charge in [0.15, 0.2) is 5.82 Å². The Kier molecular flexibility index (Phi) is 6.65. The molecule has 3 heterocycles. The van der Waals surface area contributed by atoms with Gasteiger partial charge in [-0.15, -0.1) is 12.4 Å². The number of nitrogens with zero attached hydrogens (tertiary/aromatic N) is 5. The Labute approximate surface area is 170 Å². The summed E-state index contributed by atoms with van der Waals surface area (Å²) >= 11 is 0. The molecule has 1 aromatic carbocycles. The van der Waals surface area contributed by atoms with Crippen LogP contribution in [0.5, 0.6) is 5.75 Å². The highest BCUT2D eigenvalue weighted by Crippen LogP contribution is 2.27. The van der Waals surface area contributed by atoms with Crippen LogP contribution in [0.4, 0.5) is 10.3 Å². The second-order valence-corrected chi connectivity index (χ2v) is 7.19. The van der Waals surface area contributed by atoms with Gasteiger partial charge in [0.05, 0.1) is 30.6 Å². The Morgan fingerprint density at radius 2 is 2.00 bits per heavy atom. The molecular weight excluding hydrogens is 381 g/mol. The molecule has 2 aliphatic heterocycles. The lowest BCUT2D eigenvalue weighted by atomic mass is 9.91. The van der Waals surface area contributed by atoms with Crippen molar-refractivity contribution in [2.75, 3.05) is 37.7 Å². The van der Waals surface area contributed by atoms with Crippen LogP contribution < -0.4 is 9.64 Å². The number of hydrogen-bond donors (Lipinski definition) is 0. The zero-order valence-electron chi connectivity index (χ0n) is 15.5. The molecule has 1 aromatic heterocycles. The third-order valence-corrected chi connectivity index (χ3v) is 5.34. The Morgan fingerprint density at radius 3 is 2.79 bits per heavy atom. The van der Waals surface area contributed by atoms with Crippen molar-refractivity contribution < 1.29 is 9.13 Å². The number of anilines is 1. The van der Waals surface area contributed by atoms with Gasteiger partial charge in [-0.3, -0.25) is 4.90 Å². The maximum Gasteiger partial charge on any atom is 0.225 e. The van der Waals surface area contributed by atoms with Crippen molar-refractivity contribution in [1.29, 1.82) is 5.26 Å². The van der Waals surface area contributed by atoms with Crippen LogP contribution in [-0.2, 0) is 0 Å². The average molecular weight is 404 g/mol. The summed E-state index contributed by atoms with van der Waals surface area (Å²) in [6.45, 7) is 4.36. The minimum Gasteiger partial charge on any atom is -0.493 e. The Morgan fingerprint density at radius 1 is 1.18 bits per heavy atom. The second kappa shape index (κ2) is 9.18. The highest BCUT2D eigenvalue weighted by atomic mass is 35.5. The van der Waals surface area contributed by atoms with Gasteiger partial charge in [-0.05, 0) is 31.0 Å². The predicted molar refractivity (Wildman–Crippen MR) is 106 cm³/mol. The van der Waals surface area contributed by atoms with Crippen LogP contribution in [0.3, 0.4) is 0 Å². The van der Waals surface area contributed by atoms with Crippen LogP contribution in [0.1, 0.15) is 18.4 Å². The molecule has 0 radical (unpaired) electrons. The first kappa shape index (κ1) is 20.3. The maximum atomic E-state index is 13.0. The second-order valence-electron chi connectivity index (χ2n) is 7.19. The number of benzene rings is 1. The van der Waals surface area contributed by atoms with E-state index in [2.05, 4.69) is 25.8 Å². The van der Waals surface area contributed by atoms with E-state index in [0.717, 1.165) is 44.8 Å². The third kappa shape index (κ3) is 4.70. The molecule has 4 rings (SSSR count). The van der Waals surface area contributed by atoms with Crippen LogP contribution in [0.25, 0.3) is 0 Å². The SMILES string of the molecule is Cl.N#Cc1cccc(OC[C@H]2CC[C@H]3CN(c4ncc(F)cn4)CCN3C2)c1. The molecule has 2 atom stereocenters. The van der Waals surface area contributed by atoms with Crippen molar-refractivity contribution >= 4 is 18.4 Å². The van der Waals surface area contributed by atoms with E-state index in [9.17, 15) is 4.39 Å². The summed E-state index contributed by atoms with van der Waals surface area (Å²) in [7, 11) is 0. The molecule has 0 N–H and O–H groups in total. The molecule has 0 spiro atoms. The van der Waals surface area contributed by atoms with Crippen LogP contribution in [0, 0.1) is 23.1 Å². The zero-order chi connectivity index (χ0) is 18.6. The summed E-state index contributed by atoms with van der Waals surface area (Å²) < 4.78 is 18.9. The maximum absolute atomic E-state index is 13.0. The van der Waals surface area contributed by atoms with Crippen LogP contribution in [-0.4, -0.2) is 53.7 Å². The fourth-order valence-corrected chi connectivity index (χ4v) is 3.91. The van der Waals surface area contributed by atoms with Gasteiger partial charge in [-0.2, -0.15) is 5.26 Å². The number of rotatable bonds is 4. The molecule has 0 saturated carbocycles. The van der Waals surface area contributed by atoms with E-state index in [1.807, 2.05) is 12.1 Å². The predicted octanol–water partition coefficient (Wildman–Crippen LogP) is 2.89. The molecule has 8 heteroatoms. The van der Waals surface area contributed by atoms with Crippen molar-refractivity contribution in [3.8, 4) is 11.8 Å². The molecule has 0 amide bonds. The van der Waals surface area contributed by atoms with E-state index in [0.29, 0.717) is 30.1 Å². The van der Waals surface area contributed by atoms with E-state index in [4.69, 9.17) is 10.00 Å². The van der Waals surface area contributed by atoms with E-state index < -0.39 is 5.82 Å². The molecule has 6 nitrogen and oxygen atoms in total. The van der Waals surface area contributed by atoms with Crippen molar-refractivity contribution in [2.24, 2.45) is 5.92 Å². The molecule has 2 fully saturated rings. The summed E-state index contributed by atoms with van der Waals surface area (Å²) in [6.07, 6.45) is 4.66. The Balaban J connectivity index is 0.00000225. The highest BCUT2D eigenvalue weighted by molar-refractivity contribution is 5.85. The van der Waals surface area contributed by atoms with E-state index >= 15 is 0 Å². The van der Waals surface area contributed by atoms with Gasteiger partial charge in [-0.25, -0.2) is 14.4 Å².